The molecule has 2 heterocycles. The normalized spacial score (nSPS) is 26.9. The van der Waals surface area contributed by atoms with Crippen LogP contribution in [0.4, 0.5) is 0 Å². The molecule has 0 spiro atoms. The third-order valence-electron chi connectivity index (χ3n) is 3.39. The molecule has 0 amide bonds. The highest BCUT2D eigenvalue weighted by Crippen LogP contribution is 2.35. The summed E-state index contributed by atoms with van der Waals surface area (Å²) in [5, 5.41) is 3.38. The largest absolute Gasteiger partial charge is 0.446 e. The molecule has 0 radical (unpaired) electrons. The molecule has 2 aliphatic rings. The molecular formula is C11H17N3O. The van der Waals surface area contributed by atoms with Gasteiger partial charge in [0.25, 0.3) is 0 Å². The number of fused-ring (bicyclic) bond motifs is 1. The Bertz CT molecular complexity index is 355. The number of rotatable bonds is 1. The first-order valence-corrected chi connectivity index (χ1v) is 5.75. The second-order valence-electron chi connectivity index (χ2n) is 4.38. The Hall–Kier alpha value is -0.870. The maximum Gasteiger partial charge on any atom is 0.191 e. The van der Waals surface area contributed by atoms with Crippen molar-refractivity contribution in [3.05, 3.63) is 17.3 Å². The van der Waals surface area contributed by atoms with Gasteiger partial charge in [-0.2, -0.15) is 0 Å². The molecule has 1 aromatic heterocycles. The van der Waals surface area contributed by atoms with E-state index >= 15 is 0 Å². The van der Waals surface area contributed by atoms with Crippen molar-refractivity contribution in [2.75, 3.05) is 26.2 Å². The number of piperazine rings is 1. The van der Waals surface area contributed by atoms with Gasteiger partial charge in [-0.25, -0.2) is 4.98 Å². The van der Waals surface area contributed by atoms with E-state index < -0.39 is 0 Å². The molecule has 1 N–H and O–H groups in total. The Kier molecular flexibility index (Phi) is 2.25. The number of hydrogen-bond donors (Lipinski definition) is 1. The number of nitrogens with one attached hydrogen (secondary N) is 1. The fourth-order valence-electron chi connectivity index (χ4n) is 2.68. The van der Waals surface area contributed by atoms with Gasteiger partial charge in [-0.05, 0) is 6.42 Å². The van der Waals surface area contributed by atoms with E-state index in [-0.39, 0.29) is 0 Å². The Labute approximate surface area is 89.7 Å². The van der Waals surface area contributed by atoms with E-state index in [0.29, 0.717) is 6.04 Å². The van der Waals surface area contributed by atoms with Crippen molar-refractivity contribution in [1.82, 2.24) is 15.2 Å². The summed E-state index contributed by atoms with van der Waals surface area (Å²) in [4.78, 5) is 7.05. The van der Waals surface area contributed by atoms with Gasteiger partial charge in [0.05, 0.1) is 11.7 Å². The molecule has 3 rings (SSSR count). The number of aryl methyl sites for hydroxylation is 2. The SMILES string of the molecule is Cc1nc2c(o1)CCC2N1CCNCC1. The van der Waals surface area contributed by atoms with Crippen LogP contribution in [-0.2, 0) is 6.42 Å². The second kappa shape index (κ2) is 3.61. The van der Waals surface area contributed by atoms with Crippen LogP contribution in [0.25, 0.3) is 0 Å². The Morgan fingerprint density at radius 2 is 2.20 bits per heavy atom. The van der Waals surface area contributed by atoms with Crippen LogP contribution in [0.1, 0.15) is 29.8 Å². The lowest BCUT2D eigenvalue weighted by Gasteiger charge is -2.32. The first-order chi connectivity index (χ1) is 7.34. The zero-order chi connectivity index (χ0) is 10.3. The minimum Gasteiger partial charge on any atom is -0.446 e. The van der Waals surface area contributed by atoms with Crippen LogP contribution in [0.15, 0.2) is 4.42 Å². The number of aromatic nitrogens is 1. The van der Waals surface area contributed by atoms with E-state index in [1.54, 1.807) is 0 Å². The van der Waals surface area contributed by atoms with Crippen LogP contribution in [0, 0.1) is 6.92 Å². The summed E-state index contributed by atoms with van der Waals surface area (Å²) >= 11 is 0. The van der Waals surface area contributed by atoms with Gasteiger partial charge in [0.15, 0.2) is 5.89 Å². The molecule has 82 valence electrons. The predicted octanol–water partition coefficient (Wildman–Crippen LogP) is 0.876. The molecule has 1 aliphatic carbocycles. The molecule has 1 unspecified atom stereocenters. The highest BCUT2D eigenvalue weighted by molar-refractivity contribution is 5.20. The molecule has 1 aromatic rings. The quantitative estimate of drug-likeness (QED) is 0.742. The van der Waals surface area contributed by atoms with Gasteiger partial charge in [0, 0.05) is 39.5 Å². The summed E-state index contributed by atoms with van der Waals surface area (Å²) in [5.74, 6) is 1.94. The molecule has 0 saturated carbocycles. The van der Waals surface area contributed by atoms with Crippen LogP contribution in [0.5, 0.6) is 0 Å². The van der Waals surface area contributed by atoms with E-state index in [4.69, 9.17) is 4.42 Å². The molecule has 4 nitrogen and oxygen atoms in total. The Morgan fingerprint density at radius 3 is 3.00 bits per heavy atom. The zero-order valence-corrected chi connectivity index (χ0v) is 9.12. The molecule has 1 aliphatic heterocycles. The lowest BCUT2D eigenvalue weighted by molar-refractivity contribution is 0.170. The summed E-state index contributed by atoms with van der Waals surface area (Å²) in [7, 11) is 0. The Balaban J connectivity index is 1.82. The molecule has 0 aromatic carbocycles. The minimum absolute atomic E-state index is 0.513. The standard InChI is InChI=1S/C11H17N3O/c1-8-13-11-9(2-3-10(11)15-8)14-6-4-12-5-7-14/h9,12H,2-7H2,1H3. The number of oxazole rings is 1. The van der Waals surface area contributed by atoms with E-state index in [1.807, 2.05) is 6.92 Å². The lowest BCUT2D eigenvalue weighted by Crippen LogP contribution is -2.44. The summed E-state index contributed by atoms with van der Waals surface area (Å²) in [6.07, 6.45) is 2.24. The average molecular weight is 207 g/mol. The first kappa shape index (κ1) is 9.36. The van der Waals surface area contributed by atoms with Crippen LogP contribution < -0.4 is 5.32 Å². The van der Waals surface area contributed by atoms with Crippen molar-refractivity contribution in [1.29, 1.82) is 0 Å². The predicted molar refractivity (Wildman–Crippen MR) is 56.7 cm³/mol. The van der Waals surface area contributed by atoms with Gasteiger partial charge < -0.3 is 9.73 Å². The lowest BCUT2D eigenvalue weighted by atomic mass is 10.2. The molecule has 1 fully saturated rings. The highest BCUT2D eigenvalue weighted by Gasteiger charge is 2.32. The van der Waals surface area contributed by atoms with Gasteiger partial charge >= 0.3 is 0 Å². The Morgan fingerprint density at radius 1 is 1.40 bits per heavy atom. The van der Waals surface area contributed by atoms with Gasteiger partial charge in [-0.15, -0.1) is 0 Å². The molecular weight excluding hydrogens is 190 g/mol. The van der Waals surface area contributed by atoms with Crippen molar-refractivity contribution in [2.45, 2.75) is 25.8 Å². The zero-order valence-electron chi connectivity index (χ0n) is 9.12. The van der Waals surface area contributed by atoms with Gasteiger partial charge in [0.1, 0.15) is 5.76 Å². The number of nitrogens with zero attached hydrogens (tertiary/aromatic N) is 2. The van der Waals surface area contributed by atoms with Crippen LogP contribution >= 0.6 is 0 Å². The monoisotopic (exact) mass is 207 g/mol. The molecule has 15 heavy (non-hydrogen) atoms. The van der Waals surface area contributed by atoms with Crippen LogP contribution in [-0.4, -0.2) is 36.1 Å². The van der Waals surface area contributed by atoms with Crippen molar-refractivity contribution in [2.24, 2.45) is 0 Å². The topological polar surface area (TPSA) is 41.3 Å². The van der Waals surface area contributed by atoms with Crippen molar-refractivity contribution >= 4 is 0 Å². The van der Waals surface area contributed by atoms with Crippen molar-refractivity contribution in [3.8, 4) is 0 Å². The van der Waals surface area contributed by atoms with Gasteiger partial charge in [0.2, 0.25) is 0 Å². The second-order valence-corrected chi connectivity index (χ2v) is 4.38. The molecule has 1 saturated heterocycles. The van der Waals surface area contributed by atoms with E-state index in [1.165, 1.54) is 12.1 Å². The summed E-state index contributed by atoms with van der Waals surface area (Å²) in [6.45, 7) is 6.41. The third-order valence-corrected chi connectivity index (χ3v) is 3.39. The average Bonchev–Trinajstić information content (AvgIpc) is 2.77. The minimum atomic E-state index is 0.513. The van der Waals surface area contributed by atoms with Crippen LogP contribution in [0.3, 0.4) is 0 Å². The number of hydrogen-bond acceptors (Lipinski definition) is 4. The molecule has 4 heteroatoms. The third kappa shape index (κ3) is 1.58. The summed E-state index contributed by atoms with van der Waals surface area (Å²) in [5.41, 5.74) is 1.20. The van der Waals surface area contributed by atoms with Crippen molar-refractivity contribution < 1.29 is 4.42 Å². The van der Waals surface area contributed by atoms with Crippen molar-refractivity contribution in [3.63, 3.8) is 0 Å². The fraction of sp³-hybridized carbons (Fsp3) is 0.727. The van der Waals surface area contributed by atoms with Gasteiger partial charge in [-0.1, -0.05) is 0 Å². The molecule has 0 bridgehead atoms. The van der Waals surface area contributed by atoms with E-state index in [2.05, 4.69) is 15.2 Å². The highest BCUT2D eigenvalue weighted by atomic mass is 16.4. The fourth-order valence-corrected chi connectivity index (χ4v) is 2.68. The van der Waals surface area contributed by atoms with E-state index in [0.717, 1.165) is 44.3 Å². The van der Waals surface area contributed by atoms with E-state index in [9.17, 15) is 0 Å². The summed E-state index contributed by atoms with van der Waals surface area (Å²) in [6, 6.07) is 0.513. The smallest absolute Gasteiger partial charge is 0.191 e. The maximum atomic E-state index is 5.59. The molecule has 1 atom stereocenters. The maximum absolute atomic E-state index is 5.59. The van der Waals surface area contributed by atoms with Gasteiger partial charge in [-0.3, -0.25) is 4.90 Å². The summed E-state index contributed by atoms with van der Waals surface area (Å²) < 4.78 is 5.59. The van der Waals surface area contributed by atoms with Crippen LogP contribution in [0.2, 0.25) is 0 Å². The first-order valence-electron chi connectivity index (χ1n) is 5.75.